The van der Waals surface area contributed by atoms with E-state index in [1.54, 1.807) is 13.8 Å². The molecule has 1 rings (SSSR count). The fraction of sp³-hybridized carbons (Fsp3) is 0.417. The summed E-state index contributed by atoms with van der Waals surface area (Å²) in [4.78, 5) is 10.6. The molecule has 1 aromatic carbocycles. The number of carboxylic acids is 1. The number of rotatable bonds is 3. The number of halogens is 1. The number of hydrogen-bond acceptors (Lipinski definition) is 1. The van der Waals surface area contributed by atoms with E-state index < -0.39 is 11.9 Å². The van der Waals surface area contributed by atoms with Crippen LogP contribution in [-0.4, -0.2) is 11.1 Å². The molecule has 3 heteroatoms. The molecule has 0 aliphatic carbocycles. The lowest BCUT2D eigenvalue weighted by Gasteiger charge is -2.09. The van der Waals surface area contributed by atoms with Gasteiger partial charge in [-0.05, 0) is 43.0 Å². The fourth-order valence-corrected chi connectivity index (χ4v) is 1.45. The van der Waals surface area contributed by atoms with E-state index in [4.69, 9.17) is 5.11 Å². The Morgan fingerprint density at radius 1 is 1.47 bits per heavy atom. The standard InChI is InChI=1S/C12H15FO2/c1-7-4-10(5-8(2)12(14)15)6-11(13)9(7)3/h4,6,8H,5H2,1-3H3,(H,14,15). The Balaban J connectivity index is 2.92. The van der Waals surface area contributed by atoms with Gasteiger partial charge in [0.25, 0.3) is 0 Å². The van der Waals surface area contributed by atoms with Gasteiger partial charge in [0.2, 0.25) is 0 Å². The van der Waals surface area contributed by atoms with Crippen molar-refractivity contribution < 1.29 is 14.3 Å². The normalized spacial score (nSPS) is 12.5. The highest BCUT2D eigenvalue weighted by molar-refractivity contribution is 5.69. The number of carboxylic acid groups (broad SMARTS) is 1. The first kappa shape index (κ1) is 11.7. The summed E-state index contributed by atoms with van der Waals surface area (Å²) in [6.45, 7) is 5.16. The smallest absolute Gasteiger partial charge is 0.306 e. The molecule has 1 atom stereocenters. The zero-order valence-electron chi connectivity index (χ0n) is 9.17. The monoisotopic (exact) mass is 210 g/mol. The summed E-state index contributed by atoms with van der Waals surface area (Å²) in [5.74, 6) is -1.59. The Morgan fingerprint density at radius 3 is 2.53 bits per heavy atom. The SMILES string of the molecule is Cc1cc(CC(C)C(=O)O)cc(F)c1C. The maximum Gasteiger partial charge on any atom is 0.306 e. The molecule has 82 valence electrons. The second-order valence-corrected chi connectivity index (χ2v) is 3.96. The van der Waals surface area contributed by atoms with Gasteiger partial charge in [0, 0.05) is 0 Å². The lowest BCUT2D eigenvalue weighted by molar-refractivity contribution is -0.141. The third kappa shape index (κ3) is 2.78. The van der Waals surface area contributed by atoms with Gasteiger partial charge in [0.05, 0.1) is 5.92 Å². The van der Waals surface area contributed by atoms with Crippen LogP contribution in [-0.2, 0) is 11.2 Å². The van der Waals surface area contributed by atoms with Crippen LogP contribution in [0.1, 0.15) is 23.6 Å². The van der Waals surface area contributed by atoms with Gasteiger partial charge in [0.15, 0.2) is 0 Å². The molecule has 1 unspecified atom stereocenters. The number of hydrogen-bond donors (Lipinski definition) is 1. The molecule has 0 aliphatic rings. The third-order valence-electron chi connectivity index (χ3n) is 2.63. The molecule has 0 aliphatic heterocycles. The molecule has 0 saturated heterocycles. The van der Waals surface area contributed by atoms with Gasteiger partial charge in [-0.25, -0.2) is 4.39 Å². The molecular formula is C12H15FO2. The van der Waals surface area contributed by atoms with Crippen molar-refractivity contribution in [2.24, 2.45) is 5.92 Å². The van der Waals surface area contributed by atoms with Crippen LogP contribution in [0.2, 0.25) is 0 Å². The Bertz CT molecular complexity index is 362. The predicted octanol–water partition coefficient (Wildman–Crippen LogP) is 2.71. The van der Waals surface area contributed by atoms with Gasteiger partial charge in [0.1, 0.15) is 5.82 Å². The minimum absolute atomic E-state index is 0.261. The molecule has 0 fully saturated rings. The van der Waals surface area contributed by atoms with Gasteiger partial charge >= 0.3 is 5.97 Å². The summed E-state index contributed by atoms with van der Waals surface area (Å²) in [5.41, 5.74) is 2.23. The van der Waals surface area contributed by atoms with E-state index in [9.17, 15) is 9.18 Å². The van der Waals surface area contributed by atoms with Crippen molar-refractivity contribution in [2.75, 3.05) is 0 Å². The van der Waals surface area contributed by atoms with Crippen LogP contribution in [0.4, 0.5) is 4.39 Å². The Kier molecular flexibility index (Phi) is 3.45. The molecule has 1 N–H and O–H groups in total. The third-order valence-corrected chi connectivity index (χ3v) is 2.63. The van der Waals surface area contributed by atoms with Crippen LogP contribution in [0.25, 0.3) is 0 Å². The van der Waals surface area contributed by atoms with Crippen LogP contribution in [0.3, 0.4) is 0 Å². The summed E-state index contributed by atoms with van der Waals surface area (Å²) < 4.78 is 13.3. The highest BCUT2D eigenvalue weighted by Crippen LogP contribution is 2.17. The first-order chi connectivity index (χ1) is 6.91. The van der Waals surface area contributed by atoms with Gasteiger partial charge in [-0.15, -0.1) is 0 Å². The second kappa shape index (κ2) is 4.43. The van der Waals surface area contributed by atoms with Gasteiger partial charge in [-0.2, -0.15) is 0 Å². The van der Waals surface area contributed by atoms with E-state index in [0.29, 0.717) is 12.0 Å². The Hall–Kier alpha value is -1.38. The van der Waals surface area contributed by atoms with Gasteiger partial charge in [-0.3, -0.25) is 4.79 Å². The molecular weight excluding hydrogens is 195 g/mol. The van der Waals surface area contributed by atoms with E-state index in [2.05, 4.69) is 0 Å². The summed E-state index contributed by atoms with van der Waals surface area (Å²) in [6.07, 6.45) is 0.368. The van der Waals surface area contributed by atoms with Crippen LogP contribution >= 0.6 is 0 Å². The van der Waals surface area contributed by atoms with Crippen LogP contribution in [0.5, 0.6) is 0 Å². The van der Waals surface area contributed by atoms with Crippen molar-refractivity contribution >= 4 is 5.97 Å². The quantitative estimate of drug-likeness (QED) is 0.832. The number of aliphatic carboxylic acids is 1. The first-order valence-electron chi connectivity index (χ1n) is 4.90. The molecule has 0 radical (unpaired) electrons. The maximum atomic E-state index is 13.3. The average Bonchev–Trinajstić information content (AvgIpc) is 2.13. The maximum absolute atomic E-state index is 13.3. The van der Waals surface area contributed by atoms with Crippen molar-refractivity contribution in [2.45, 2.75) is 27.2 Å². The molecule has 2 nitrogen and oxygen atoms in total. The summed E-state index contributed by atoms with van der Waals surface area (Å²) in [7, 11) is 0. The largest absolute Gasteiger partial charge is 0.481 e. The van der Waals surface area contributed by atoms with Gasteiger partial charge < -0.3 is 5.11 Å². The second-order valence-electron chi connectivity index (χ2n) is 3.96. The van der Waals surface area contributed by atoms with Crippen molar-refractivity contribution in [3.05, 3.63) is 34.6 Å². The predicted molar refractivity (Wildman–Crippen MR) is 56.4 cm³/mol. The van der Waals surface area contributed by atoms with E-state index in [1.165, 1.54) is 6.07 Å². The average molecular weight is 210 g/mol. The summed E-state index contributed by atoms with van der Waals surface area (Å²) >= 11 is 0. The molecule has 0 aromatic heterocycles. The van der Waals surface area contributed by atoms with Crippen molar-refractivity contribution in [1.29, 1.82) is 0 Å². The van der Waals surface area contributed by atoms with Crippen molar-refractivity contribution in [3.8, 4) is 0 Å². The zero-order valence-corrected chi connectivity index (χ0v) is 9.17. The summed E-state index contributed by atoms with van der Waals surface area (Å²) in [6, 6.07) is 3.26. The minimum atomic E-state index is -0.853. The molecule has 1 aromatic rings. The van der Waals surface area contributed by atoms with Crippen LogP contribution in [0.15, 0.2) is 12.1 Å². The summed E-state index contributed by atoms with van der Waals surface area (Å²) in [5, 5.41) is 8.74. The molecule has 0 bridgehead atoms. The van der Waals surface area contributed by atoms with Gasteiger partial charge in [-0.1, -0.05) is 13.0 Å². The molecule has 0 spiro atoms. The Labute approximate surface area is 88.7 Å². The molecule has 0 saturated carbocycles. The highest BCUT2D eigenvalue weighted by atomic mass is 19.1. The Morgan fingerprint density at radius 2 is 2.07 bits per heavy atom. The van der Waals surface area contributed by atoms with Crippen LogP contribution in [0, 0.1) is 25.6 Å². The van der Waals surface area contributed by atoms with E-state index in [0.717, 1.165) is 11.1 Å². The topological polar surface area (TPSA) is 37.3 Å². The van der Waals surface area contributed by atoms with Crippen molar-refractivity contribution in [1.82, 2.24) is 0 Å². The van der Waals surface area contributed by atoms with E-state index in [-0.39, 0.29) is 5.82 Å². The number of benzene rings is 1. The highest BCUT2D eigenvalue weighted by Gasteiger charge is 2.13. The minimum Gasteiger partial charge on any atom is -0.481 e. The molecule has 15 heavy (non-hydrogen) atoms. The van der Waals surface area contributed by atoms with E-state index >= 15 is 0 Å². The first-order valence-corrected chi connectivity index (χ1v) is 4.90. The lowest BCUT2D eigenvalue weighted by Crippen LogP contribution is -2.12. The molecule has 0 heterocycles. The zero-order chi connectivity index (χ0) is 11.6. The lowest BCUT2D eigenvalue weighted by atomic mass is 9.97. The van der Waals surface area contributed by atoms with Crippen molar-refractivity contribution in [3.63, 3.8) is 0 Å². The number of aryl methyl sites for hydroxylation is 1. The molecule has 0 amide bonds. The fourth-order valence-electron chi connectivity index (χ4n) is 1.45. The van der Waals surface area contributed by atoms with E-state index in [1.807, 2.05) is 13.0 Å². The number of carbonyl (C=O) groups is 1. The van der Waals surface area contributed by atoms with Crippen LogP contribution < -0.4 is 0 Å².